The Balaban J connectivity index is 1.77. The van der Waals surface area contributed by atoms with Crippen molar-refractivity contribution < 1.29 is 19.0 Å². The second kappa shape index (κ2) is 7.34. The molecule has 1 aliphatic heterocycles. The monoisotopic (exact) mass is 379 g/mol. The van der Waals surface area contributed by atoms with Crippen LogP contribution in [0.2, 0.25) is 0 Å². The van der Waals surface area contributed by atoms with Crippen molar-refractivity contribution in [3.05, 3.63) is 47.2 Å². The van der Waals surface area contributed by atoms with E-state index in [-0.39, 0.29) is 12.5 Å². The van der Waals surface area contributed by atoms with E-state index in [1.54, 1.807) is 6.07 Å². The summed E-state index contributed by atoms with van der Waals surface area (Å²) in [6.45, 7) is 6.49. The number of rotatable bonds is 5. The van der Waals surface area contributed by atoms with E-state index in [0.717, 1.165) is 17.5 Å². The fraction of sp³-hybridized carbons (Fsp3) is 0.286. The molecule has 1 aromatic heterocycles. The van der Waals surface area contributed by atoms with Crippen molar-refractivity contribution in [2.24, 2.45) is 0 Å². The van der Waals surface area contributed by atoms with Crippen molar-refractivity contribution in [2.45, 2.75) is 27.2 Å². The minimum atomic E-state index is -0.502. The molecule has 0 amide bonds. The van der Waals surface area contributed by atoms with Crippen LogP contribution in [0, 0.1) is 13.8 Å². The largest absolute Gasteiger partial charge is 0.461 e. The number of fused-ring (bicyclic) bond motifs is 2. The van der Waals surface area contributed by atoms with Gasteiger partial charge in [0, 0.05) is 11.8 Å². The lowest BCUT2D eigenvalue weighted by atomic mass is 10.1. The van der Waals surface area contributed by atoms with Gasteiger partial charge in [-0.05, 0) is 55.7 Å². The number of nitrogens with one attached hydrogen (secondary N) is 1. The van der Waals surface area contributed by atoms with Crippen LogP contribution in [-0.2, 0) is 4.74 Å². The van der Waals surface area contributed by atoms with Crippen LogP contribution < -0.4 is 14.8 Å². The third-order valence-electron chi connectivity index (χ3n) is 4.55. The lowest BCUT2D eigenvalue weighted by Crippen LogP contribution is -2.13. The van der Waals surface area contributed by atoms with E-state index >= 15 is 0 Å². The molecule has 0 fully saturated rings. The highest BCUT2D eigenvalue weighted by Gasteiger charge is 2.20. The number of hydrogen-bond acceptors (Lipinski definition) is 7. The van der Waals surface area contributed by atoms with Crippen molar-refractivity contribution >= 4 is 28.5 Å². The number of aromatic nitrogens is 2. The summed E-state index contributed by atoms with van der Waals surface area (Å²) in [7, 11) is 0. The van der Waals surface area contributed by atoms with Crippen molar-refractivity contribution in [2.75, 3.05) is 18.7 Å². The summed E-state index contributed by atoms with van der Waals surface area (Å²) in [5, 5.41) is 3.18. The van der Waals surface area contributed by atoms with Gasteiger partial charge in [-0.3, -0.25) is 0 Å². The van der Waals surface area contributed by atoms with E-state index in [9.17, 15) is 4.79 Å². The SMILES string of the molecule is CCCOC(=O)c1nc2cc(C)c(C)cc2nc1Nc1ccc2c(c1)OCO2. The molecule has 0 atom stereocenters. The Hall–Kier alpha value is -3.35. The number of aryl methyl sites for hydroxylation is 2. The molecule has 7 nitrogen and oxygen atoms in total. The zero-order chi connectivity index (χ0) is 19.7. The van der Waals surface area contributed by atoms with E-state index < -0.39 is 5.97 Å². The van der Waals surface area contributed by atoms with Crippen LogP contribution in [0.1, 0.15) is 35.0 Å². The first-order chi connectivity index (χ1) is 13.5. The van der Waals surface area contributed by atoms with Gasteiger partial charge >= 0.3 is 5.97 Å². The molecule has 1 N–H and O–H groups in total. The van der Waals surface area contributed by atoms with E-state index in [2.05, 4.69) is 15.3 Å². The van der Waals surface area contributed by atoms with Gasteiger partial charge in [-0.1, -0.05) is 6.92 Å². The number of anilines is 2. The summed E-state index contributed by atoms with van der Waals surface area (Å²) in [6.07, 6.45) is 0.732. The molecular weight excluding hydrogens is 358 g/mol. The average molecular weight is 379 g/mol. The van der Waals surface area contributed by atoms with Gasteiger partial charge in [-0.25, -0.2) is 14.8 Å². The Bertz CT molecular complexity index is 1070. The molecule has 2 aromatic carbocycles. The van der Waals surface area contributed by atoms with E-state index in [4.69, 9.17) is 14.2 Å². The van der Waals surface area contributed by atoms with Crippen LogP contribution >= 0.6 is 0 Å². The number of benzene rings is 2. The Labute approximate surface area is 162 Å². The second-order valence-electron chi connectivity index (χ2n) is 6.67. The van der Waals surface area contributed by atoms with Gasteiger partial charge in [0.05, 0.1) is 17.6 Å². The predicted molar refractivity (Wildman–Crippen MR) is 105 cm³/mol. The van der Waals surface area contributed by atoms with Gasteiger partial charge in [0.25, 0.3) is 0 Å². The number of hydrogen-bond donors (Lipinski definition) is 1. The third kappa shape index (κ3) is 3.43. The van der Waals surface area contributed by atoms with Crippen LogP contribution in [0.5, 0.6) is 11.5 Å². The Kier molecular flexibility index (Phi) is 4.73. The van der Waals surface area contributed by atoms with Gasteiger partial charge in [0.2, 0.25) is 6.79 Å². The lowest BCUT2D eigenvalue weighted by Gasteiger charge is -2.13. The van der Waals surface area contributed by atoms with Crippen molar-refractivity contribution in [3.8, 4) is 11.5 Å². The van der Waals surface area contributed by atoms with Crippen molar-refractivity contribution in [1.29, 1.82) is 0 Å². The molecule has 0 saturated carbocycles. The molecule has 4 rings (SSSR count). The summed E-state index contributed by atoms with van der Waals surface area (Å²) in [6, 6.07) is 9.33. The van der Waals surface area contributed by atoms with E-state index in [1.165, 1.54) is 0 Å². The summed E-state index contributed by atoms with van der Waals surface area (Å²) in [5.41, 5.74) is 4.43. The third-order valence-corrected chi connectivity index (χ3v) is 4.55. The zero-order valence-corrected chi connectivity index (χ0v) is 16.0. The second-order valence-corrected chi connectivity index (χ2v) is 6.67. The molecule has 7 heteroatoms. The van der Waals surface area contributed by atoms with Gasteiger partial charge in [0.1, 0.15) is 0 Å². The van der Waals surface area contributed by atoms with Gasteiger partial charge in [-0.15, -0.1) is 0 Å². The molecule has 2 heterocycles. The van der Waals surface area contributed by atoms with Gasteiger partial charge in [0.15, 0.2) is 23.0 Å². The molecule has 1 aliphatic rings. The van der Waals surface area contributed by atoms with Crippen LogP contribution in [-0.4, -0.2) is 29.3 Å². The molecule has 28 heavy (non-hydrogen) atoms. The summed E-state index contributed by atoms with van der Waals surface area (Å²) in [4.78, 5) is 21.8. The Morgan fingerprint density at radius 1 is 1.07 bits per heavy atom. The number of nitrogens with zero attached hydrogens (tertiary/aromatic N) is 2. The maximum Gasteiger partial charge on any atom is 0.360 e. The molecule has 0 aliphatic carbocycles. The standard InChI is InChI=1S/C21H21N3O4/c1-4-7-26-21(25)19-20(22-14-5-6-17-18(10-14)28-11-27-17)24-16-9-13(3)12(2)8-15(16)23-19/h5-6,8-10H,4,7,11H2,1-3H3,(H,22,24). The predicted octanol–water partition coefficient (Wildman–Crippen LogP) is 4.29. The first-order valence-corrected chi connectivity index (χ1v) is 9.18. The summed E-state index contributed by atoms with van der Waals surface area (Å²) < 4.78 is 16.1. The quantitative estimate of drug-likeness (QED) is 0.662. The van der Waals surface area contributed by atoms with Crippen LogP contribution in [0.3, 0.4) is 0 Å². The summed E-state index contributed by atoms with van der Waals surface area (Å²) in [5.74, 6) is 1.16. The lowest BCUT2D eigenvalue weighted by molar-refractivity contribution is 0.0499. The van der Waals surface area contributed by atoms with Crippen molar-refractivity contribution in [1.82, 2.24) is 9.97 Å². The highest BCUT2D eigenvalue weighted by Crippen LogP contribution is 2.35. The average Bonchev–Trinajstić information content (AvgIpc) is 3.15. The molecule has 0 unspecified atom stereocenters. The Morgan fingerprint density at radius 3 is 2.54 bits per heavy atom. The topological polar surface area (TPSA) is 82.6 Å². The molecule has 0 spiro atoms. The first-order valence-electron chi connectivity index (χ1n) is 9.18. The zero-order valence-electron chi connectivity index (χ0n) is 16.0. The summed E-state index contributed by atoms with van der Waals surface area (Å²) >= 11 is 0. The highest BCUT2D eigenvalue weighted by molar-refractivity contribution is 5.96. The van der Waals surface area contributed by atoms with Crippen LogP contribution in [0.15, 0.2) is 30.3 Å². The molecule has 0 bridgehead atoms. The minimum Gasteiger partial charge on any atom is -0.461 e. The molecule has 144 valence electrons. The van der Waals surface area contributed by atoms with Gasteiger partial charge < -0.3 is 19.5 Å². The fourth-order valence-corrected chi connectivity index (χ4v) is 2.92. The molecule has 3 aromatic rings. The number of carbonyl (C=O) groups excluding carboxylic acids is 1. The maximum absolute atomic E-state index is 12.6. The van der Waals surface area contributed by atoms with Crippen LogP contribution in [0.25, 0.3) is 11.0 Å². The number of carbonyl (C=O) groups is 1. The number of ether oxygens (including phenoxy) is 3. The van der Waals surface area contributed by atoms with E-state index in [1.807, 2.05) is 45.0 Å². The van der Waals surface area contributed by atoms with E-state index in [0.29, 0.717) is 40.6 Å². The fourth-order valence-electron chi connectivity index (χ4n) is 2.92. The first kappa shape index (κ1) is 18.0. The normalized spacial score (nSPS) is 12.2. The molecular formula is C21H21N3O4. The smallest absolute Gasteiger partial charge is 0.360 e. The number of esters is 1. The van der Waals surface area contributed by atoms with Crippen LogP contribution in [0.4, 0.5) is 11.5 Å². The molecule has 0 radical (unpaired) electrons. The van der Waals surface area contributed by atoms with Crippen molar-refractivity contribution in [3.63, 3.8) is 0 Å². The highest BCUT2D eigenvalue weighted by atomic mass is 16.7. The minimum absolute atomic E-state index is 0.155. The van der Waals surface area contributed by atoms with Gasteiger partial charge in [-0.2, -0.15) is 0 Å². The Morgan fingerprint density at radius 2 is 1.79 bits per heavy atom. The molecule has 0 saturated heterocycles. The maximum atomic E-state index is 12.6.